The molecule has 0 bridgehead atoms. The maximum Gasteiger partial charge on any atom is 0.338 e. The summed E-state index contributed by atoms with van der Waals surface area (Å²) in [6.07, 6.45) is -6.83. The average molecular weight is 740 g/mol. The maximum atomic E-state index is 13.5. The fraction of sp³-hybridized carbons (Fsp3) is 0.730. The van der Waals surface area contributed by atoms with Crippen molar-refractivity contribution in [2.24, 2.45) is 11.8 Å². The quantitative estimate of drug-likeness (QED) is 0.0473. The molecule has 0 spiro atoms. The van der Waals surface area contributed by atoms with Gasteiger partial charge in [0.05, 0.1) is 30.5 Å². The Morgan fingerprint density at radius 2 is 1.62 bits per heavy atom. The number of esters is 1. The molecule has 2 saturated heterocycles. The minimum Gasteiger partial charge on any atom is -0.478 e. The van der Waals surface area contributed by atoms with Gasteiger partial charge in [-0.25, -0.2) is 10.3 Å². The van der Waals surface area contributed by atoms with Gasteiger partial charge < -0.3 is 53.6 Å². The first-order valence-electron chi connectivity index (χ1n) is 18.3. The molecular weight excluding hydrogens is 682 g/mol. The SMILES string of the molecule is CCCC(C)C(OC1OC(C)C(O)C(OC)C1O)C(C)OC1OC(CO)C(O)C(O/C(=C\C2CCCCC2)C(=O)NO)C1OC(=O)c1ccccc1. The first kappa shape index (κ1) is 42.0. The maximum absolute atomic E-state index is 13.5. The van der Waals surface area contributed by atoms with Gasteiger partial charge in [0.15, 0.2) is 30.5 Å². The number of benzene rings is 1. The predicted octanol–water partition coefficient (Wildman–Crippen LogP) is 2.35. The third kappa shape index (κ3) is 10.5. The number of rotatable bonds is 16. The molecule has 3 aliphatic rings. The van der Waals surface area contributed by atoms with E-state index < -0.39 is 92.1 Å². The summed E-state index contributed by atoms with van der Waals surface area (Å²) in [7, 11) is 1.37. The van der Waals surface area contributed by atoms with Crippen molar-refractivity contribution in [3.8, 4) is 0 Å². The summed E-state index contributed by atoms with van der Waals surface area (Å²) in [5.41, 5.74) is 1.78. The molecule has 0 aromatic heterocycles. The number of hydrogen-bond acceptors (Lipinski definition) is 14. The molecule has 15 nitrogen and oxygen atoms in total. The molecular formula is C37H57NO14. The summed E-state index contributed by atoms with van der Waals surface area (Å²) in [6.45, 7) is 6.59. The van der Waals surface area contributed by atoms with Crippen LogP contribution in [0.25, 0.3) is 0 Å². The van der Waals surface area contributed by atoms with Crippen molar-refractivity contribution >= 4 is 11.9 Å². The summed E-state index contributed by atoms with van der Waals surface area (Å²) in [4.78, 5) is 26.5. The van der Waals surface area contributed by atoms with E-state index in [1.807, 2.05) is 13.8 Å². The van der Waals surface area contributed by atoms with Gasteiger partial charge in [-0.15, -0.1) is 0 Å². The minimum atomic E-state index is -1.62. The first-order valence-corrected chi connectivity index (χ1v) is 18.3. The average Bonchev–Trinajstić information content (AvgIpc) is 3.15. The van der Waals surface area contributed by atoms with Crippen molar-refractivity contribution in [3.05, 3.63) is 47.7 Å². The van der Waals surface area contributed by atoms with Gasteiger partial charge >= 0.3 is 11.9 Å². The number of hydroxylamine groups is 1. The zero-order valence-corrected chi connectivity index (χ0v) is 30.6. The molecule has 1 aliphatic carbocycles. The molecule has 52 heavy (non-hydrogen) atoms. The highest BCUT2D eigenvalue weighted by Crippen LogP contribution is 2.34. The zero-order valence-electron chi connectivity index (χ0n) is 30.6. The van der Waals surface area contributed by atoms with E-state index in [2.05, 4.69) is 0 Å². The van der Waals surface area contributed by atoms with Crippen LogP contribution >= 0.6 is 0 Å². The third-order valence-electron chi connectivity index (χ3n) is 10.1. The fourth-order valence-corrected chi connectivity index (χ4v) is 7.22. The Bertz CT molecular complexity index is 1280. The first-order chi connectivity index (χ1) is 24.9. The monoisotopic (exact) mass is 739 g/mol. The minimum absolute atomic E-state index is 0.0408. The molecule has 1 saturated carbocycles. The molecule has 6 N–H and O–H groups in total. The summed E-state index contributed by atoms with van der Waals surface area (Å²) < 4.78 is 42.2. The second-order valence-corrected chi connectivity index (χ2v) is 14.0. The van der Waals surface area contributed by atoms with Gasteiger partial charge in [-0.3, -0.25) is 10.0 Å². The van der Waals surface area contributed by atoms with Gasteiger partial charge in [-0.05, 0) is 63.2 Å². The molecule has 1 aromatic rings. The predicted molar refractivity (Wildman–Crippen MR) is 183 cm³/mol. The lowest BCUT2D eigenvalue weighted by atomic mass is 9.88. The highest BCUT2D eigenvalue weighted by molar-refractivity contribution is 5.90. The van der Waals surface area contributed by atoms with Crippen molar-refractivity contribution < 1.29 is 68.4 Å². The Labute approximate surface area is 305 Å². The Kier molecular flexibility index (Phi) is 16.3. The van der Waals surface area contributed by atoms with Gasteiger partial charge in [0.1, 0.15) is 30.5 Å². The number of hydrogen-bond donors (Lipinski definition) is 6. The number of carbonyl (C=O) groups excluding carboxylic acids is 2. The Hall–Kier alpha value is -2.70. The molecule has 2 heterocycles. The molecule has 13 unspecified atom stereocenters. The second kappa shape index (κ2) is 20.1. The van der Waals surface area contributed by atoms with Gasteiger partial charge in [0.25, 0.3) is 0 Å². The molecule has 3 fully saturated rings. The summed E-state index contributed by atoms with van der Waals surface area (Å²) >= 11 is 0. The molecule has 2 aliphatic heterocycles. The summed E-state index contributed by atoms with van der Waals surface area (Å²) in [5, 5.41) is 52.9. The third-order valence-corrected chi connectivity index (χ3v) is 10.1. The van der Waals surface area contributed by atoms with E-state index in [1.165, 1.54) is 19.2 Å². The highest BCUT2D eigenvalue weighted by atomic mass is 16.7. The Morgan fingerprint density at radius 3 is 2.23 bits per heavy atom. The largest absolute Gasteiger partial charge is 0.478 e. The van der Waals surface area contributed by atoms with Gasteiger partial charge in [-0.2, -0.15) is 0 Å². The number of aliphatic hydroxyl groups excluding tert-OH is 4. The van der Waals surface area contributed by atoms with Crippen LogP contribution in [0.15, 0.2) is 42.2 Å². The van der Waals surface area contributed by atoms with Gasteiger partial charge in [-0.1, -0.05) is 57.7 Å². The van der Waals surface area contributed by atoms with E-state index >= 15 is 0 Å². The van der Waals surface area contributed by atoms with Crippen molar-refractivity contribution in [1.29, 1.82) is 0 Å². The van der Waals surface area contributed by atoms with Crippen molar-refractivity contribution in [2.75, 3.05) is 13.7 Å². The zero-order chi connectivity index (χ0) is 37.9. The van der Waals surface area contributed by atoms with E-state index in [-0.39, 0.29) is 23.2 Å². The van der Waals surface area contributed by atoms with Crippen molar-refractivity contribution in [3.63, 3.8) is 0 Å². The van der Waals surface area contributed by atoms with E-state index in [4.69, 9.17) is 33.2 Å². The lowest BCUT2D eigenvalue weighted by Crippen LogP contribution is -2.63. The summed E-state index contributed by atoms with van der Waals surface area (Å²) in [6, 6.07) is 8.11. The molecule has 13 atom stereocenters. The molecule has 0 radical (unpaired) electrons. The number of methoxy groups -OCH3 is 1. The van der Waals surface area contributed by atoms with E-state index in [0.717, 1.165) is 38.5 Å². The van der Waals surface area contributed by atoms with Crippen LogP contribution in [0.5, 0.6) is 0 Å². The van der Waals surface area contributed by atoms with Gasteiger partial charge in [0, 0.05) is 7.11 Å². The number of aliphatic hydroxyl groups is 4. The van der Waals surface area contributed by atoms with Crippen LogP contribution in [-0.2, 0) is 38.0 Å². The number of carbonyl (C=O) groups is 2. The molecule has 1 amide bonds. The van der Waals surface area contributed by atoms with Crippen LogP contribution < -0.4 is 5.48 Å². The highest BCUT2D eigenvalue weighted by Gasteiger charge is 2.52. The van der Waals surface area contributed by atoms with Crippen LogP contribution in [0.1, 0.15) is 83.0 Å². The lowest BCUT2D eigenvalue weighted by Gasteiger charge is -2.46. The normalized spacial score (nSPS) is 33.5. The van der Waals surface area contributed by atoms with Crippen molar-refractivity contribution in [1.82, 2.24) is 5.48 Å². The molecule has 294 valence electrons. The van der Waals surface area contributed by atoms with Crippen molar-refractivity contribution in [2.45, 2.75) is 146 Å². The van der Waals surface area contributed by atoms with E-state index in [9.17, 15) is 35.2 Å². The van der Waals surface area contributed by atoms with E-state index in [1.54, 1.807) is 43.6 Å². The van der Waals surface area contributed by atoms with E-state index in [0.29, 0.717) is 6.42 Å². The molecule has 15 heteroatoms. The smallest absolute Gasteiger partial charge is 0.338 e. The Morgan fingerprint density at radius 1 is 0.923 bits per heavy atom. The lowest BCUT2D eigenvalue weighted by molar-refractivity contribution is -0.341. The van der Waals surface area contributed by atoms with Crippen LogP contribution in [-0.4, -0.2) is 125 Å². The van der Waals surface area contributed by atoms with Crippen LogP contribution in [0.3, 0.4) is 0 Å². The topological polar surface area (TPSA) is 212 Å². The summed E-state index contributed by atoms with van der Waals surface area (Å²) in [5.74, 6) is -2.29. The number of ether oxygens (including phenoxy) is 7. The number of allylic oxidation sites excluding steroid dienone is 1. The Balaban J connectivity index is 1.69. The number of amides is 1. The van der Waals surface area contributed by atoms with Crippen LogP contribution in [0, 0.1) is 11.8 Å². The molecule has 4 rings (SSSR count). The van der Waals surface area contributed by atoms with Crippen LogP contribution in [0.4, 0.5) is 0 Å². The molecule has 1 aromatic carbocycles. The second-order valence-electron chi connectivity index (χ2n) is 14.0. The standard InChI is InChI=1S/C37H57NO14/c1-6-13-20(2)30(52-36-29(42)31(46-5)27(40)21(3)47-36)22(4)48-37-33(51-35(44)24-16-11-8-12-17-24)32(28(41)26(19-39)50-37)49-25(34(43)38-45)18-23-14-9-7-10-15-23/h8,11-12,16-18,20-23,26-33,36-37,39-42,45H,6-7,9-10,13-15,19H2,1-5H3,(H,38,43)/b25-18-. The fourth-order valence-electron chi connectivity index (χ4n) is 7.22. The number of nitrogens with one attached hydrogen (secondary N) is 1. The van der Waals surface area contributed by atoms with Crippen LogP contribution in [0.2, 0.25) is 0 Å². The van der Waals surface area contributed by atoms with Gasteiger partial charge in [0.2, 0.25) is 0 Å².